The SMILES string of the molecule is CCC1=CCc2ccc(Cl)cc2C(CCCOS(C)(=O)=O)=C1. The Balaban J connectivity index is 2.18. The largest absolute Gasteiger partial charge is 0.270 e. The second-order valence-electron chi connectivity index (χ2n) is 5.44. The smallest absolute Gasteiger partial charge is 0.264 e. The first-order valence-electron chi connectivity index (χ1n) is 7.42. The third-order valence-corrected chi connectivity index (χ3v) is 4.49. The van der Waals surface area contributed by atoms with Crippen LogP contribution in [0.5, 0.6) is 0 Å². The van der Waals surface area contributed by atoms with Crippen molar-refractivity contribution >= 4 is 27.3 Å². The Hall–Kier alpha value is -1.10. The van der Waals surface area contributed by atoms with E-state index in [0.717, 1.165) is 36.1 Å². The minimum absolute atomic E-state index is 0.206. The fraction of sp³-hybridized carbons (Fsp3) is 0.412. The summed E-state index contributed by atoms with van der Waals surface area (Å²) in [6.07, 6.45) is 8.81. The van der Waals surface area contributed by atoms with Crippen molar-refractivity contribution in [1.29, 1.82) is 0 Å². The Bertz CT molecular complexity index is 703. The number of hydrogen-bond acceptors (Lipinski definition) is 3. The van der Waals surface area contributed by atoms with Crippen LogP contribution in [0, 0.1) is 0 Å². The molecule has 0 aromatic heterocycles. The van der Waals surface area contributed by atoms with Crippen LogP contribution in [0.2, 0.25) is 5.02 Å². The minimum atomic E-state index is -3.37. The van der Waals surface area contributed by atoms with Crippen LogP contribution < -0.4 is 0 Å². The van der Waals surface area contributed by atoms with Crippen molar-refractivity contribution < 1.29 is 12.6 Å². The zero-order valence-corrected chi connectivity index (χ0v) is 14.5. The first-order valence-corrected chi connectivity index (χ1v) is 9.61. The van der Waals surface area contributed by atoms with Crippen LogP contribution in [0.15, 0.2) is 35.9 Å². The highest BCUT2D eigenvalue weighted by atomic mass is 35.5. The van der Waals surface area contributed by atoms with Gasteiger partial charge in [0.15, 0.2) is 0 Å². The van der Waals surface area contributed by atoms with E-state index in [9.17, 15) is 8.42 Å². The molecule has 1 aromatic carbocycles. The molecular weight excluding hydrogens is 320 g/mol. The van der Waals surface area contributed by atoms with E-state index in [2.05, 4.69) is 25.1 Å². The predicted molar refractivity (Wildman–Crippen MR) is 91.5 cm³/mol. The summed E-state index contributed by atoms with van der Waals surface area (Å²) in [5.41, 5.74) is 4.90. The second kappa shape index (κ2) is 7.44. The fourth-order valence-corrected chi connectivity index (χ4v) is 3.15. The van der Waals surface area contributed by atoms with Gasteiger partial charge in [0.25, 0.3) is 10.1 Å². The molecule has 3 nitrogen and oxygen atoms in total. The average molecular weight is 341 g/mol. The maximum absolute atomic E-state index is 11.0. The zero-order chi connectivity index (χ0) is 16.2. The standard InChI is InChI=1S/C17H21ClO3S/c1-3-13-6-7-14-8-9-16(18)12-17(14)15(11-13)5-4-10-21-22(2,19)20/h6,8-9,11-12H,3-5,7,10H2,1-2H3. The molecule has 1 aromatic rings. The van der Waals surface area contributed by atoms with Gasteiger partial charge in [-0.15, -0.1) is 0 Å². The molecule has 0 heterocycles. The summed E-state index contributed by atoms with van der Waals surface area (Å²) >= 11 is 6.14. The number of fused-ring (bicyclic) bond motifs is 1. The first kappa shape index (κ1) is 17.3. The van der Waals surface area contributed by atoms with E-state index in [4.69, 9.17) is 15.8 Å². The van der Waals surface area contributed by atoms with Crippen LogP contribution in [-0.2, 0) is 20.7 Å². The molecule has 0 saturated carbocycles. The highest BCUT2D eigenvalue weighted by Gasteiger charge is 2.12. The zero-order valence-electron chi connectivity index (χ0n) is 12.9. The Morgan fingerprint density at radius 1 is 1.32 bits per heavy atom. The lowest BCUT2D eigenvalue weighted by Crippen LogP contribution is -2.04. The van der Waals surface area contributed by atoms with E-state index in [1.165, 1.54) is 16.7 Å². The third kappa shape index (κ3) is 4.97. The highest BCUT2D eigenvalue weighted by molar-refractivity contribution is 7.85. The van der Waals surface area contributed by atoms with E-state index < -0.39 is 10.1 Å². The monoisotopic (exact) mass is 340 g/mol. The van der Waals surface area contributed by atoms with Gasteiger partial charge in [-0.3, -0.25) is 4.18 Å². The maximum atomic E-state index is 11.0. The summed E-state index contributed by atoms with van der Waals surface area (Å²) < 4.78 is 26.9. The molecule has 1 aliphatic carbocycles. The Morgan fingerprint density at radius 2 is 2.09 bits per heavy atom. The summed E-state index contributed by atoms with van der Waals surface area (Å²) in [5.74, 6) is 0. The van der Waals surface area contributed by atoms with Crippen molar-refractivity contribution in [2.24, 2.45) is 0 Å². The van der Waals surface area contributed by atoms with Gasteiger partial charge in [0.1, 0.15) is 0 Å². The highest BCUT2D eigenvalue weighted by Crippen LogP contribution is 2.31. The lowest BCUT2D eigenvalue weighted by molar-refractivity contribution is 0.317. The van der Waals surface area contributed by atoms with E-state index in [0.29, 0.717) is 6.42 Å². The molecule has 120 valence electrons. The molecule has 0 atom stereocenters. The van der Waals surface area contributed by atoms with Gasteiger partial charge in [0, 0.05) is 5.02 Å². The Labute approximate surface area is 137 Å². The minimum Gasteiger partial charge on any atom is -0.270 e. The molecule has 1 aliphatic rings. The van der Waals surface area contributed by atoms with E-state index >= 15 is 0 Å². The van der Waals surface area contributed by atoms with Gasteiger partial charge in [0.05, 0.1) is 12.9 Å². The molecule has 0 saturated heterocycles. The number of hydrogen-bond donors (Lipinski definition) is 0. The van der Waals surface area contributed by atoms with Gasteiger partial charge < -0.3 is 0 Å². The Kier molecular flexibility index (Phi) is 5.84. The van der Waals surface area contributed by atoms with E-state index in [1.807, 2.05) is 12.1 Å². The van der Waals surface area contributed by atoms with Gasteiger partial charge in [-0.1, -0.05) is 42.3 Å². The normalized spacial score (nSPS) is 14.9. The molecule has 0 N–H and O–H groups in total. The number of allylic oxidation sites excluding steroid dienone is 4. The van der Waals surface area contributed by atoms with E-state index in [-0.39, 0.29) is 6.61 Å². The summed E-state index contributed by atoms with van der Waals surface area (Å²) in [4.78, 5) is 0. The molecule has 22 heavy (non-hydrogen) atoms. The van der Waals surface area contributed by atoms with Gasteiger partial charge in [-0.2, -0.15) is 8.42 Å². The van der Waals surface area contributed by atoms with Crippen molar-refractivity contribution in [3.05, 3.63) is 52.1 Å². The topological polar surface area (TPSA) is 43.4 Å². The van der Waals surface area contributed by atoms with Gasteiger partial charge >= 0.3 is 0 Å². The van der Waals surface area contributed by atoms with Crippen LogP contribution in [-0.4, -0.2) is 21.3 Å². The molecule has 5 heteroatoms. The van der Waals surface area contributed by atoms with Crippen molar-refractivity contribution in [1.82, 2.24) is 0 Å². The van der Waals surface area contributed by atoms with Crippen molar-refractivity contribution in [3.63, 3.8) is 0 Å². The van der Waals surface area contributed by atoms with Crippen LogP contribution in [0.4, 0.5) is 0 Å². The van der Waals surface area contributed by atoms with Crippen molar-refractivity contribution in [2.45, 2.75) is 32.6 Å². The molecule has 0 fully saturated rings. The molecular formula is C17H21ClO3S. The summed E-state index contributed by atoms with van der Waals surface area (Å²) in [6, 6.07) is 5.97. The van der Waals surface area contributed by atoms with Crippen LogP contribution in [0.3, 0.4) is 0 Å². The van der Waals surface area contributed by atoms with Crippen molar-refractivity contribution in [3.8, 4) is 0 Å². The number of benzene rings is 1. The summed E-state index contributed by atoms with van der Waals surface area (Å²) in [5, 5.41) is 0.719. The second-order valence-corrected chi connectivity index (χ2v) is 7.52. The van der Waals surface area contributed by atoms with Crippen LogP contribution in [0.1, 0.15) is 37.3 Å². The van der Waals surface area contributed by atoms with Crippen molar-refractivity contribution in [2.75, 3.05) is 12.9 Å². The summed E-state index contributed by atoms with van der Waals surface area (Å²) in [7, 11) is -3.37. The maximum Gasteiger partial charge on any atom is 0.264 e. The van der Waals surface area contributed by atoms with Crippen LogP contribution in [0.25, 0.3) is 5.57 Å². The quantitative estimate of drug-likeness (QED) is 0.570. The van der Waals surface area contributed by atoms with Crippen LogP contribution >= 0.6 is 11.6 Å². The number of halogens is 1. The lowest BCUT2D eigenvalue weighted by Gasteiger charge is -2.12. The molecule has 0 spiro atoms. The molecule has 0 bridgehead atoms. The van der Waals surface area contributed by atoms with E-state index in [1.54, 1.807) is 0 Å². The first-order chi connectivity index (χ1) is 10.4. The fourth-order valence-electron chi connectivity index (χ4n) is 2.55. The Morgan fingerprint density at radius 3 is 2.77 bits per heavy atom. The molecule has 0 amide bonds. The lowest BCUT2D eigenvalue weighted by atomic mass is 9.95. The average Bonchev–Trinajstić information content (AvgIpc) is 2.62. The number of rotatable bonds is 6. The van der Waals surface area contributed by atoms with Gasteiger partial charge in [0.2, 0.25) is 0 Å². The van der Waals surface area contributed by atoms with Gasteiger partial charge in [-0.25, -0.2) is 0 Å². The van der Waals surface area contributed by atoms with Gasteiger partial charge in [-0.05, 0) is 54.5 Å². The third-order valence-electron chi connectivity index (χ3n) is 3.66. The summed E-state index contributed by atoms with van der Waals surface area (Å²) in [6.45, 7) is 2.34. The molecule has 0 aliphatic heterocycles. The molecule has 2 rings (SSSR count). The molecule has 0 unspecified atom stereocenters. The predicted octanol–water partition coefficient (Wildman–Crippen LogP) is 4.37. The molecule has 0 radical (unpaired) electrons.